The second-order valence-electron chi connectivity index (χ2n) is 3.47. The summed E-state index contributed by atoms with van der Waals surface area (Å²) in [7, 11) is 0. The fourth-order valence-corrected chi connectivity index (χ4v) is 2.05. The van der Waals surface area contributed by atoms with Gasteiger partial charge in [0.15, 0.2) is 0 Å². The Morgan fingerprint density at radius 3 is 2.67 bits per heavy atom. The number of rotatable bonds is 2. The lowest BCUT2D eigenvalue weighted by Gasteiger charge is -2.03. The van der Waals surface area contributed by atoms with Crippen LogP contribution in [0.15, 0.2) is 0 Å². The molecule has 0 atom stereocenters. The fourth-order valence-electron chi connectivity index (χ4n) is 1.89. The van der Waals surface area contributed by atoms with Gasteiger partial charge in [-0.3, -0.25) is 10.2 Å². The van der Waals surface area contributed by atoms with Crippen LogP contribution in [0.3, 0.4) is 0 Å². The van der Waals surface area contributed by atoms with Crippen LogP contribution in [0.4, 0.5) is 0 Å². The number of H-pyrrole nitrogens is 2. The Morgan fingerprint density at radius 1 is 1.33 bits per heavy atom. The van der Waals surface area contributed by atoms with Gasteiger partial charge >= 0.3 is 0 Å². The molecule has 0 radical (unpaired) electrons. The predicted octanol–water partition coefficient (Wildman–Crippen LogP) is 2.20. The summed E-state index contributed by atoms with van der Waals surface area (Å²) in [6.07, 6.45) is 6.54. The van der Waals surface area contributed by atoms with Crippen molar-refractivity contribution in [2.45, 2.75) is 32.1 Å². The highest BCUT2D eigenvalue weighted by Crippen LogP contribution is 2.26. The molecule has 0 aromatic carbocycles. The van der Waals surface area contributed by atoms with Gasteiger partial charge < -0.3 is 0 Å². The summed E-state index contributed by atoms with van der Waals surface area (Å²) < 4.78 is 0.572. The molecule has 0 saturated heterocycles. The SMILES string of the molecule is S=c1nc(CC2CCCC2)[nH][nH]1. The molecule has 4 heteroatoms. The molecule has 1 saturated carbocycles. The number of aromatic nitrogens is 3. The van der Waals surface area contributed by atoms with Gasteiger partial charge in [-0.2, -0.15) is 0 Å². The van der Waals surface area contributed by atoms with Crippen molar-refractivity contribution in [1.29, 1.82) is 0 Å². The van der Waals surface area contributed by atoms with Gasteiger partial charge in [-0.1, -0.05) is 25.7 Å². The summed E-state index contributed by atoms with van der Waals surface area (Å²) in [5.41, 5.74) is 0. The van der Waals surface area contributed by atoms with Crippen LogP contribution < -0.4 is 0 Å². The van der Waals surface area contributed by atoms with E-state index in [1.165, 1.54) is 25.7 Å². The van der Waals surface area contributed by atoms with Gasteiger partial charge in [0.25, 0.3) is 0 Å². The molecule has 0 aliphatic heterocycles. The van der Waals surface area contributed by atoms with Gasteiger partial charge in [0, 0.05) is 6.42 Å². The minimum atomic E-state index is 0.572. The van der Waals surface area contributed by atoms with Crippen molar-refractivity contribution in [2.75, 3.05) is 0 Å². The van der Waals surface area contributed by atoms with E-state index in [9.17, 15) is 0 Å². The van der Waals surface area contributed by atoms with Crippen molar-refractivity contribution in [1.82, 2.24) is 15.2 Å². The third-order valence-corrected chi connectivity index (χ3v) is 2.70. The highest BCUT2D eigenvalue weighted by atomic mass is 32.1. The molecule has 3 nitrogen and oxygen atoms in total. The molecule has 12 heavy (non-hydrogen) atoms. The van der Waals surface area contributed by atoms with Crippen molar-refractivity contribution >= 4 is 12.2 Å². The number of hydrogen-bond donors (Lipinski definition) is 2. The lowest BCUT2D eigenvalue weighted by atomic mass is 10.0. The maximum atomic E-state index is 4.88. The molecular weight excluding hydrogens is 170 g/mol. The zero-order valence-electron chi connectivity index (χ0n) is 6.97. The Hall–Kier alpha value is -0.640. The summed E-state index contributed by atoms with van der Waals surface area (Å²) in [5.74, 6) is 1.85. The maximum Gasteiger partial charge on any atom is 0.213 e. The molecule has 1 aliphatic carbocycles. The largest absolute Gasteiger partial charge is 0.286 e. The summed E-state index contributed by atoms with van der Waals surface area (Å²) in [5, 5.41) is 5.81. The lowest BCUT2D eigenvalue weighted by Crippen LogP contribution is -2.00. The van der Waals surface area contributed by atoms with Crippen molar-refractivity contribution in [2.24, 2.45) is 5.92 Å². The highest BCUT2D eigenvalue weighted by Gasteiger charge is 2.16. The number of aromatic amines is 2. The molecule has 2 rings (SSSR count). The quantitative estimate of drug-likeness (QED) is 0.690. The van der Waals surface area contributed by atoms with E-state index in [1.807, 2.05) is 0 Å². The lowest BCUT2D eigenvalue weighted by molar-refractivity contribution is 0.531. The van der Waals surface area contributed by atoms with Crippen LogP contribution in [-0.4, -0.2) is 15.2 Å². The molecule has 2 N–H and O–H groups in total. The topological polar surface area (TPSA) is 44.5 Å². The first-order valence-corrected chi connectivity index (χ1v) is 4.89. The van der Waals surface area contributed by atoms with Crippen LogP contribution in [0.1, 0.15) is 31.5 Å². The first-order valence-electron chi connectivity index (χ1n) is 4.48. The normalized spacial score (nSPS) is 18.7. The van der Waals surface area contributed by atoms with Gasteiger partial charge in [0.2, 0.25) is 4.77 Å². The minimum absolute atomic E-state index is 0.572. The summed E-state index contributed by atoms with van der Waals surface area (Å²) in [6, 6.07) is 0. The molecule has 0 bridgehead atoms. The summed E-state index contributed by atoms with van der Waals surface area (Å²) in [4.78, 5) is 4.18. The minimum Gasteiger partial charge on any atom is -0.286 e. The third-order valence-electron chi connectivity index (χ3n) is 2.51. The van der Waals surface area contributed by atoms with E-state index in [0.717, 1.165) is 18.2 Å². The van der Waals surface area contributed by atoms with Crippen molar-refractivity contribution < 1.29 is 0 Å². The van der Waals surface area contributed by atoms with Gasteiger partial charge in [-0.25, -0.2) is 4.98 Å². The Morgan fingerprint density at radius 2 is 2.08 bits per heavy atom. The average Bonchev–Trinajstić information content (AvgIpc) is 2.63. The third kappa shape index (κ3) is 1.75. The van der Waals surface area contributed by atoms with E-state index in [2.05, 4.69) is 15.2 Å². The van der Waals surface area contributed by atoms with Gasteiger partial charge in [-0.05, 0) is 18.1 Å². The predicted molar refractivity (Wildman–Crippen MR) is 49.4 cm³/mol. The number of nitrogens with zero attached hydrogens (tertiary/aromatic N) is 1. The van der Waals surface area contributed by atoms with Gasteiger partial charge in [0.1, 0.15) is 5.82 Å². The van der Waals surface area contributed by atoms with Crippen LogP contribution in [0.5, 0.6) is 0 Å². The smallest absolute Gasteiger partial charge is 0.213 e. The Balaban J connectivity index is 1.98. The average molecular weight is 183 g/mol. The molecule has 1 aromatic heterocycles. The van der Waals surface area contributed by atoms with Crippen LogP contribution in [0, 0.1) is 10.7 Å². The highest BCUT2D eigenvalue weighted by molar-refractivity contribution is 7.71. The Bertz CT molecular complexity index is 295. The molecule has 0 unspecified atom stereocenters. The van der Waals surface area contributed by atoms with Crippen LogP contribution in [0.25, 0.3) is 0 Å². The zero-order valence-corrected chi connectivity index (χ0v) is 7.78. The van der Waals surface area contributed by atoms with Crippen LogP contribution in [0.2, 0.25) is 0 Å². The van der Waals surface area contributed by atoms with Crippen molar-refractivity contribution in [3.05, 3.63) is 10.6 Å². The number of nitrogens with one attached hydrogen (secondary N) is 2. The Labute approximate surface area is 76.6 Å². The number of hydrogen-bond acceptors (Lipinski definition) is 2. The molecule has 1 heterocycles. The van der Waals surface area contributed by atoms with E-state index < -0.39 is 0 Å². The van der Waals surface area contributed by atoms with E-state index in [-0.39, 0.29) is 0 Å². The van der Waals surface area contributed by atoms with E-state index in [4.69, 9.17) is 12.2 Å². The van der Waals surface area contributed by atoms with E-state index in [0.29, 0.717) is 4.77 Å². The second kappa shape index (κ2) is 3.39. The van der Waals surface area contributed by atoms with Crippen molar-refractivity contribution in [3.63, 3.8) is 0 Å². The van der Waals surface area contributed by atoms with Gasteiger partial charge in [0.05, 0.1) is 0 Å². The van der Waals surface area contributed by atoms with Crippen LogP contribution >= 0.6 is 12.2 Å². The van der Waals surface area contributed by atoms with E-state index in [1.54, 1.807) is 0 Å². The molecule has 66 valence electrons. The molecule has 0 amide bonds. The monoisotopic (exact) mass is 183 g/mol. The first kappa shape index (κ1) is 7.98. The standard InChI is InChI=1S/C8H13N3S/c12-8-9-7(10-11-8)5-6-3-1-2-4-6/h6H,1-5H2,(H2,9,10,11,12). The first-order chi connectivity index (χ1) is 5.84. The Kier molecular flexibility index (Phi) is 2.26. The maximum absolute atomic E-state index is 4.88. The molecule has 1 fully saturated rings. The van der Waals surface area contributed by atoms with Gasteiger partial charge in [-0.15, -0.1) is 0 Å². The molecule has 1 aliphatic rings. The molecular formula is C8H13N3S. The second-order valence-corrected chi connectivity index (χ2v) is 3.85. The van der Waals surface area contributed by atoms with Crippen LogP contribution in [-0.2, 0) is 6.42 Å². The van der Waals surface area contributed by atoms with Crippen molar-refractivity contribution in [3.8, 4) is 0 Å². The summed E-state index contributed by atoms with van der Waals surface area (Å²) >= 11 is 4.88. The molecule has 1 aromatic rings. The molecule has 0 spiro atoms. The zero-order chi connectivity index (χ0) is 8.39. The summed E-state index contributed by atoms with van der Waals surface area (Å²) in [6.45, 7) is 0. The van der Waals surface area contributed by atoms with E-state index >= 15 is 0 Å². The fraction of sp³-hybridized carbons (Fsp3) is 0.750.